The summed E-state index contributed by atoms with van der Waals surface area (Å²) in [4.78, 5) is 32.4. The van der Waals surface area contributed by atoms with Gasteiger partial charge in [0.25, 0.3) is 5.91 Å². The predicted molar refractivity (Wildman–Crippen MR) is 93.9 cm³/mol. The van der Waals surface area contributed by atoms with Crippen LogP contribution in [0.4, 0.5) is 11.6 Å². The molecule has 8 heteroatoms. The largest absolute Gasteiger partial charge is 0.507 e. The Labute approximate surface area is 145 Å². The summed E-state index contributed by atoms with van der Waals surface area (Å²) >= 11 is 0. The molecular weight excluding hydrogens is 322 g/mol. The van der Waals surface area contributed by atoms with Gasteiger partial charge in [0.1, 0.15) is 11.8 Å². The molecule has 4 N–H and O–H groups in total. The minimum atomic E-state index is -0.726. The summed E-state index contributed by atoms with van der Waals surface area (Å²) in [6.07, 6.45) is 0. The number of carbonyl (C=O) groups excluding carboxylic acids is 2. The molecule has 0 aliphatic carbocycles. The summed E-state index contributed by atoms with van der Waals surface area (Å²) in [5, 5.41) is 17.9. The lowest BCUT2D eigenvalue weighted by atomic mass is 10.1. The maximum absolute atomic E-state index is 12.3. The Morgan fingerprint density at radius 1 is 1.12 bits per heavy atom. The molecule has 132 valence electrons. The van der Waals surface area contributed by atoms with E-state index in [2.05, 4.69) is 25.9 Å². The Hall–Kier alpha value is -3.16. The first-order chi connectivity index (χ1) is 11.8. The zero-order valence-corrected chi connectivity index (χ0v) is 14.5. The molecule has 0 spiro atoms. The maximum atomic E-state index is 12.3. The van der Waals surface area contributed by atoms with E-state index in [1.54, 1.807) is 13.0 Å². The summed E-state index contributed by atoms with van der Waals surface area (Å²) in [6, 6.07) is 5.60. The third-order valence-electron chi connectivity index (χ3n) is 3.47. The summed E-state index contributed by atoms with van der Waals surface area (Å²) in [5.41, 5.74) is 2.21. The number of aromatic nitrogens is 2. The molecule has 0 aliphatic rings. The van der Waals surface area contributed by atoms with Gasteiger partial charge in [-0.3, -0.25) is 9.59 Å². The average molecular weight is 343 g/mol. The fraction of sp³-hybridized carbons (Fsp3) is 0.294. The van der Waals surface area contributed by atoms with Crippen LogP contribution in [0.15, 0.2) is 24.3 Å². The molecule has 2 rings (SSSR count). The molecule has 0 saturated carbocycles. The minimum Gasteiger partial charge on any atom is -0.507 e. The van der Waals surface area contributed by atoms with Crippen LogP contribution in [0.3, 0.4) is 0 Å². The fourth-order valence-electron chi connectivity index (χ4n) is 2.26. The van der Waals surface area contributed by atoms with Gasteiger partial charge in [-0.1, -0.05) is 0 Å². The van der Waals surface area contributed by atoms with Crippen molar-refractivity contribution in [1.82, 2.24) is 20.6 Å². The Morgan fingerprint density at radius 2 is 1.76 bits per heavy atom. The summed E-state index contributed by atoms with van der Waals surface area (Å²) in [7, 11) is 1.48. The number of phenolic OH excluding ortho intramolecular Hbond substituents is 1. The number of likely N-dealkylation sites (N-methyl/N-ethyl adjacent to an activating group) is 1. The molecule has 0 saturated heterocycles. The number of hydrogen-bond acceptors (Lipinski definition) is 6. The van der Waals surface area contributed by atoms with Crippen LogP contribution >= 0.6 is 0 Å². The summed E-state index contributed by atoms with van der Waals surface area (Å²) in [6.45, 7) is 5.27. The molecular formula is C17H21N5O3. The van der Waals surface area contributed by atoms with Crippen molar-refractivity contribution in [3.63, 3.8) is 0 Å². The second-order valence-electron chi connectivity index (χ2n) is 5.64. The third-order valence-corrected chi connectivity index (χ3v) is 3.47. The standard InChI is InChI=1S/C17H21N5O3/c1-9-7-10(2)20-17(19-9)22-12-5-6-14(23)13(8-12)16(25)21-11(3)15(24)18-4/h5-8,11,23H,1-4H3,(H,18,24)(H,21,25)(H,19,20,22)/t11-/m0/s1. The lowest BCUT2D eigenvalue weighted by molar-refractivity contribution is -0.122. The number of carbonyl (C=O) groups is 2. The zero-order valence-electron chi connectivity index (χ0n) is 14.5. The SMILES string of the molecule is CNC(=O)[C@H](C)NC(=O)c1cc(Nc2nc(C)cc(C)n2)ccc1O. The van der Waals surface area contributed by atoms with Crippen molar-refractivity contribution in [2.75, 3.05) is 12.4 Å². The van der Waals surface area contributed by atoms with E-state index in [1.165, 1.54) is 19.2 Å². The second kappa shape index (κ2) is 7.61. The van der Waals surface area contributed by atoms with Gasteiger partial charge in [0.05, 0.1) is 5.56 Å². The van der Waals surface area contributed by atoms with E-state index in [0.29, 0.717) is 11.6 Å². The fourth-order valence-corrected chi connectivity index (χ4v) is 2.26. The molecule has 1 aromatic carbocycles. The molecule has 0 unspecified atom stereocenters. The molecule has 1 atom stereocenters. The topological polar surface area (TPSA) is 116 Å². The summed E-state index contributed by atoms with van der Waals surface area (Å²) < 4.78 is 0. The molecule has 1 heterocycles. The van der Waals surface area contributed by atoms with Gasteiger partial charge in [-0.15, -0.1) is 0 Å². The van der Waals surface area contributed by atoms with Crippen molar-refractivity contribution in [2.24, 2.45) is 0 Å². The molecule has 0 aliphatic heterocycles. The first kappa shape index (κ1) is 18.2. The quantitative estimate of drug-likeness (QED) is 0.610. The van der Waals surface area contributed by atoms with E-state index in [0.717, 1.165) is 11.4 Å². The van der Waals surface area contributed by atoms with Crippen molar-refractivity contribution in [3.8, 4) is 5.75 Å². The highest BCUT2D eigenvalue weighted by Gasteiger charge is 2.18. The van der Waals surface area contributed by atoms with Crippen LogP contribution in [0.2, 0.25) is 0 Å². The number of benzene rings is 1. The molecule has 8 nitrogen and oxygen atoms in total. The molecule has 0 fully saturated rings. The van der Waals surface area contributed by atoms with Crippen LogP contribution in [-0.4, -0.2) is 40.0 Å². The molecule has 2 aromatic rings. The molecule has 0 bridgehead atoms. The van der Waals surface area contributed by atoms with Crippen molar-refractivity contribution in [1.29, 1.82) is 0 Å². The van der Waals surface area contributed by atoms with Gasteiger partial charge in [0, 0.05) is 24.1 Å². The Kier molecular flexibility index (Phi) is 5.53. The number of phenols is 1. The minimum absolute atomic E-state index is 0.0464. The van der Waals surface area contributed by atoms with Crippen molar-refractivity contribution < 1.29 is 14.7 Å². The number of nitrogens with one attached hydrogen (secondary N) is 3. The van der Waals surface area contributed by atoms with E-state index in [4.69, 9.17) is 0 Å². The van der Waals surface area contributed by atoms with Gasteiger partial charge in [-0.05, 0) is 45.0 Å². The molecule has 0 radical (unpaired) electrons. The average Bonchev–Trinajstić information content (AvgIpc) is 2.54. The van der Waals surface area contributed by atoms with Crippen LogP contribution in [0, 0.1) is 13.8 Å². The van der Waals surface area contributed by atoms with Gasteiger partial charge in [-0.25, -0.2) is 9.97 Å². The van der Waals surface area contributed by atoms with Crippen LogP contribution in [0.25, 0.3) is 0 Å². The monoisotopic (exact) mass is 343 g/mol. The summed E-state index contributed by atoms with van der Waals surface area (Å²) in [5.74, 6) is -0.675. The molecule has 1 aromatic heterocycles. The number of amides is 2. The van der Waals surface area contributed by atoms with Crippen LogP contribution < -0.4 is 16.0 Å². The third kappa shape index (κ3) is 4.66. The Balaban J connectivity index is 2.22. The van der Waals surface area contributed by atoms with Gasteiger partial charge in [0.2, 0.25) is 11.9 Å². The lowest BCUT2D eigenvalue weighted by Crippen LogP contribution is -2.43. The normalized spacial score (nSPS) is 11.5. The number of anilines is 2. The number of aryl methyl sites for hydroxylation is 2. The number of rotatable bonds is 5. The molecule has 25 heavy (non-hydrogen) atoms. The lowest BCUT2D eigenvalue weighted by Gasteiger charge is -2.14. The van der Waals surface area contributed by atoms with Gasteiger partial charge < -0.3 is 21.1 Å². The first-order valence-corrected chi connectivity index (χ1v) is 7.75. The number of aromatic hydroxyl groups is 1. The van der Waals surface area contributed by atoms with Gasteiger partial charge in [-0.2, -0.15) is 0 Å². The van der Waals surface area contributed by atoms with E-state index >= 15 is 0 Å². The van der Waals surface area contributed by atoms with Crippen molar-refractivity contribution >= 4 is 23.5 Å². The van der Waals surface area contributed by atoms with Crippen molar-refractivity contribution in [2.45, 2.75) is 26.8 Å². The van der Waals surface area contributed by atoms with E-state index in [-0.39, 0.29) is 17.2 Å². The zero-order chi connectivity index (χ0) is 18.6. The van der Waals surface area contributed by atoms with Crippen LogP contribution in [-0.2, 0) is 4.79 Å². The highest BCUT2D eigenvalue weighted by Crippen LogP contribution is 2.23. The van der Waals surface area contributed by atoms with E-state index in [1.807, 2.05) is 19.9 Å². The first-order valence-electron chi connectivity index (χ1n) is 7.75. The van der Waals surface area contributed by atoms with Crippen LogP contribution in [0.1, 0.15) is 28.7 Å². The van der Waals surface area contributed by atoms with E-state index in [9.17, 15) is 14.7 Å². The predicted octanol–water partition coefficient (Wildman–Crippen LogP) is 1.41. The van der Waals surface area contributed by atoms with Gasteiger partial charge >= 0.3 is 0 Å². The smallest absolute Gasteiger partial charge is 0.255 e. The highest BCUT2D eigenvalue weighted by molar-refractivity contribution is 6.00. The molecule has 2 amide bonds. The van der Waals surface area contributed by atoms with Crippen LogP contribution in [0.5, 0.6) is 5.75 Å². The number of hydrogen-bond donors (Lipinski definition) is 4. The van der Waals surface area contributed by atoms with E-state index < -0.39 is 11.9 Å². The second-order valence-corrected chi connectivity index (χ2v) is 5.64. The highest BCUT2D eigenvalue weighted by atomic mass is 16.3. The number of nitrogens with zero attached hydrogens (tertiary/aromatic N) is 2. The Morgan fingerprint density at radius 3 is 2.36 bits per heavy atom. The van der Waals surface area contributed by atoms with Crippen molar-refractivity contribution in [3.05, 3.63) is 41.2 Å². The maximum Gasteiger partial charge on any atom is 0.255 e. The Bertz CT molecular complexity index is 787. The van der Waals surface area contributed by atoms with Gasteiger partial charge in [0.15, 0.2) is 0 Å².